The Morgan fingerprint density at radius 1 is 1.08 bits per heavy atom. The van der Waals surface area contributed by atoms with Crippen LogP contribution in [0.1, 0.15) is 44.1 Å². The molecule has 134 valence electrons. The van der Waals surface area contributed by atoms with Crippen molar-refractivity contribution in [1.82, 2.24) is 9.80 Å². The number of amides is 1. The number of benzene rings is 1. The Morgan fingerprint density at radius 3 is 2.46 bits per heavy atom. The Bertz CT molecular complexity index is 517. The molecule has 1 aromatic rings. The third kappa shape index (κ3) is 4.29. The molecule has 0 radical (unpaired) electrons. The van der Waals surface area contributed by atoms with Gasteiger partial charge >= 0.3 is 0 Å². The van der Waals surface area contributed by atoms with Gasteiger partial charge in [0.25, 0.3) is 0 Å². The van der Waals surface area contributed by atoms with Gasteiger partial charge in [0.05, 0.1) is 0 Å². The number of carbonyl (C=O) groups excluding carboxylic acids is 1. The minimum Gasteiger partial charge on any atom is -0.340 e. The number of hydrogen-bond donors (Lipinski definition) is 1. The summed E-state index contributed by atoms with van der Waals surface area (Å²) in [5.74, 6) is 0.233. The summed E-state index contributed by atoms with van der Waals surface area (Å²) in [6.45, 7) is 4.16. The fourth-order valence-corrected chi connectivity index (χ4v) is 4.24. The molecule has 1 heterocycles. The first-order valence-electron chi connectivity index (χ1n) is 9.00. The molecule has 1 aliphatic heterocycles. The minimum atomic E-state index is 0. The fraction of sp³-hybridized carbons (Fsp3) is 0.632. The number of piperazine rings is 1. The van der Waals surface area contributed by atoms with Gasteiger partial charge in [-0.05, 0) is 18.4 Å². The molecule has 1 aliphatic carbocycles. The molecule has 24 heavy (non-hydrogen) atoms. The van der Waals surface area contributed by atoms with E-state index in [1.807, 2.05) is 0 Å². The van der Waals surface area contributed by atoms with Crippen LogP contribution in [0.2, 0.25) is 0 Å². The lowest BCUT2D eigenvalue weighted by Crippen LogP contribution is -2.63. The summed E-state index contributed by atoms with van der Waals surface area (Å²) in [5.41, 5.74) is 7.13. The van der Waals surface area contributed by atoms with Gasteiger partial charge in [0.15, 0.2) is 0 Å². The number of carbonyl (C=O) groups is 1. The second-order valence-corrected chi connectivity index (χ2v) is 7.05. The van der Waals surface area contributed by atoms with E-state index >= 15 is 0 Å². The first kappa shape index (κ1) is 19.2. The lowest BCUT2D eigenvalue weighted by Gasteiger charge is -2.53. The van der Waals surface area contributed by atoms with Crippen molar-refractivity contribution in [2.45, 2.75) is 50.6 Å². The van der Waals surface area contributed by atoms with Gasteiger partial charge in [0.1, 0.15) is 0 Å². The summed E-state index contributed by atoms with van der Waals surface area (Å²) in [7, 11) is 0. The molecule has 1 aromatic carbocycles. The number of nitrogens with two attached hydrogens (primary N) is 1. The average molecular weight is 352 g/mol. The first-order valence-corrected chi connectivity index (χ1v) is 9.00. The van der Waals surface area contributed by atoms with Crippen LogP contribution in [-0.4, -0.2) is 47.4 Å². The zero-order valence-electron chi connectivity index (χ0n) is 14.5. The van der Waals surface area contributed by atoms with Crippen molar-refractivity contribution >= 4 is 18.3 Å². The highest BCUT2D eigenvalue weighted by Gasteiger charge is 2.43. The topological polar surface area (TPSA) is 49.6 Å². The van der Waals surface area contributed by atoms with Gasteiger partial charge in [0, 0.05) is 44.7 Å². The van der Waals surface area contributed by atoms with Gasteiger partial charge in [-0.25, -0.2) is 0 Å². The molecule has 0 atom stereocenters. The van der Waals surface area contributed by atoms with Gasteiger partial charge in [-0.1, -0.05) is 49.6 Å². The summed E-state index contributed by atoms with van der Waals surface area (Å²) in [6, 6.07) is 10.7. The predicted molar refractivity (Wildman–Crippen MR) is 100 cm³/mol. The molecule has 1 saturated carbocycles. The van der Waals surface area contributed by atoms with Gasteiger partial charge in [-0.15, -0.1) is 12.4 Å². The standard InChI is InChI=1S/C19H29N3O.ClH/c20-12-9-18(23)21-13-14-22(15-17-7-3-1-4-8-17)19(16-21)10-5-2-6-11-19;/h1,3-4,7-8H,2,5-6,9-16,20H2;1H. The monoisotopic (exact) mass is 351 g/mol. The molecule has 0 aromatic heterocycles. The second kappa shape index (κ2) is 8.84. The van der Waals surface area contributed by atoms with Gasteiger partial charge < -0.3 is 10.6 Å². The van der Waals surface area contributed by atoms with Crippen LogP contribution < -0.4 is 5.73 Å². The summed E-state index contributed by atoms with van der Waals surface area (Å²) in [5, 5.41) is 0. The second-order valence-electron chi connectivity index (χ2n) is 7.05. The smallest absolute Gasteiger partial charge is 0.223 e. The van der Waals surface area contributed by atoms with Crippen LogP contribution in [-0.2, 0) is 11.3 Å². The molecular formula is C19H30ClN3O. The quantitative estimate of drug-likeness (QED) is 0.907. The highest BCUT2D eigenvalue weighted by atomic mass is 35.5. The molecule has 5 heteroatoms. The Kier molecular flexibility index (Phi) is 7.08. The van der Waals surface area contributed by atoms with E-state index in [1.165, 1.54) is 37.7 Å². The lowest BCUT2D eigenvalue weighted by molar-refractivity contribution is -0.138. The molecule has 1 amide bonds. The lowest BCUT2D eigenvalue weighted by atomic mass is 9.78. The van der Waals surface area contributed by atoms with E-state index in [0.29, 0.717) is 13.0 Å². The zero-order valence-corrected chi connectivity index (χ0v) is 15.3. The van der Waals surface area contributed by atoms with E-state index < -0.39 is 0 Å². The highest BCUT2D eigenvalue weighted by Crippen LogP contribution is 2.37. The van der Waals surface area contributed by atoms with E-state index in [1.54, 1.807) is 0 Å². The Hall–Kier alpha value is -1.10. The van der Waals surface area contributed by atoms with Crippen LogP contribution in [0.25, 0.3) is 0 Å². The number of rotatable bonds is 4. The van der Waals surface area contributed by atoms with Crippen molar-refractivity contribution < 1.29 is 4.79 Å². The summed E-state index contributed by atoms with van der Waals surface area (Å²) in [4.78, 5) is 17.0. The molecule has 0 unspecified atom stereocenters. The van der Waals surface area contributed by atoms with Crippen LogP contribution in [0.4, 0.5) is 0 Å². The van der Waals surface area contributed by atoms with Crippen LogP contribution in [0, 0.1) is 0 Å². The van der Waals surface area contributed by atoms with Gasteiger partial charge in [0.2, 0.25) is 5.91 Å². The van der Waals surface area contributed by atoms with E-state index in [-0.39, 0.29) is 23.9 Å². The number of halogens is 1. The Balaban J connectivity index is 0.00000208. The predicted octanol–water partition coefficient (Wildman–Crippen LogP) is 2.80. The Morgan fingerprint density at radius 2 is 1.79 bits per heavy atom. The molecule has 4 nitrogen and oxygen atoms in total. The van der Waals surface area contributed by atoms with Crippen molar-refractivity contribution in [3.63, 3.8) is 0 Å². The molecule has 2 aliphatic rings. The van der Waals surface area contributed by atoms with Crippen molar-refractivity contribution in [2.24, 2.45) is 5.73 Å². The maximum atomic E-state index is 12.3. The summed E-state index contributed by atoms with van der Waals surface area (Å²) >= 11 is 0. The van der Waals surface area contributed by atoms with Crippen LogP contribution in [0.5, 0.6) is 0 Å². The molecule has 2 fully saturated rings. The van der Waals surface area contributed by atoms with Crippen molar-refractivity contribution in [1.29, 1.82) is 0 Å². The molecular weight excluding hydrogens is 322 g/mol. The molecule has 1 spiro atoms. The van der Waals surface area contributed by atoms with Gasteiger partial charge in [-0.3, -0.25) is 9.69 Å². The third-order valence-corrected chi connectivity index (χ3v) is 5.51. The summed E-state index contributed by atoms with van der Waals surface area (Å²) < 4.78 is 0. The third-order valence-electron chi connectivity index (χ3n) is 5.51. The molecule has 3 rings (SSSR count). The fourth-order valence-electron chi connectivity index (χ4n) is 4.24. The maximum Gasteiger partial charge on any atom is 0.223 e. The van der Waals surface area contributed by atoms with E-state index in [0.717, 1.165) is 26.2 Å². The maximum absolute atomic E-state index is 12.3. The minimum absolute atomic E-state index is 0. The number of nitrogens with zero attached hydrogens (tertiary/aromatic N) is 2. The van der Waals surface area contributed by atoms with Gasteiger partial charge in [-0.2, -0.15) is 0 Å². The largest absolute Gasteiger partial charge is 0.340 e. The summed E-state index contributed by atoms with van der Waals surface area (Å²) in [6.07, 6.45) is 6.80. The van der Waals surface area contributed by atoms with Crippen LogP contribution in [0.3, 0.4) is 0 Å². The number of hydrogen-bond acceptors (Lipinski definition) is 3. The highest BCUT2D eigenvalue weighted by molar-refractivity contribution is 5.85. The molecule has 0 bridgehead atoms. The Labute approximate surface area is 151 Å². The SMILES string of the molecule is Cl.NCCC(=O)N1CCN(Cc2ccccc2)C2(CCCCC2)C1. The zero-order chi connectivity index (χ0) is 16.1. The van der Waals surface area contributed by atoms with Crippen LogP contribution >= 0.6 is 12.4 Å². The van der Waals surface area contributed by atoms with E-state index in [4.69, 9.17) is 5.73 Å². The normalized spacial score (nSPS) is 20.6. The van der Waals surface area contributed by atoms with E-state index in [2.05, 4.69) is 40.1 Å². The van der Waals surface area contributed by atoms with Crippen molar-refractivity contribution in [3.8, 4) is 0 Å². The average Bonchev–Trinajstić information content (AvgIpc) is 2.59. The molecule has 2 N–H and O–H groups in total. The first-order chi connectivity index (χ1) is 11.2. The van der Waals surface area contributed by atoms with Crippen molar-refractivity contribution in [3.05, 3.63) is 35.9 Å². The van der Waals surface area contributed by atoms with Crippen LogP contribution in [0.15, 0.2) is 30.3 Å². The van der Waals surface area contributed by atoms with Crippen molar-refractivity contribution in [2.75, 3.05) is 26.2 Å². The molecule has 1 saturated heterocycles. The van der Waals surface area contributed by atoms with E-state index in [9.17, 15) is 4.79 Å².